The van der Waals surface area contributed by atoms with Crippen molar-refractivity contribution in [1.29, 1.82) is 0 Å². The molecule has 2 amide bonds. The van der Waals surface area contributed by atoms with Gasteiger partial charge < -0.3 is 10.6 Å². The zero-order valence-corrected chi connectivity index (χ0v) is 18.2. The van der Waals surface area contributed by atoms with E-state index in [0.717, 1.165) is 35.6 Å². The minimum atomic E-state index is -4.57. The number of amides is 2. The number of alkyl halides is 3. The monoisotopic (exact) mass is 497 g/mol. The number of benzene rings is 2. The Labute approximate surface area is 186 Å². The minimum absolute atomic E-state index is 0.135. The molecule has 0 aliphatic carbocycles. The maximum absolute atomic E-state index is 12.6. The van der Waals surface area contributed by atoms with E-state index in [1.807, 2.05) is 0 Å². The molecule has 2 rings (SSSR count). The molecule has 0 spiro atoms. The Morgan fingerprint density at radius 1 is 1.03 bits per heavy atom. The van der Waals surface area contributed by atoms with Crippen molar-refractivity contribution in [3.05, 3.63) is 58.1 Å². The lowest BCUT2D eigenvalue weighted by Gasteiger charge is -2.18. The number of nitrogens with one attached hydrogen (secondary N) is 2. The number of carbonyl (C=O) groups excluding carboxylic acids is 2. The first kappa shape index (κ1) is 24.9. The van der Waals surface area contributed by atoms with Gasteiger partial charge in [-0.2, -0.15) is 17.5 Å². The number of rotatable bonds is 7. The second-order valence-electron chi connectivity index (χ2n) is 6.23. The number of nitrogens with zero attached hydrogens (tertiary/aromatic N) is 1. The first-order valence-corrected chi connectivity index (χ1v) is 10.7. The molecule has 2 aromatic carbocycles. The quantitative estimate of drug-likeness (QED) is 0.611. The van der Waals surface area contributed by atoms with Gasteiger partial charge in [-0.15, -0.1) is 0 Å². The van der Waals surface area contributed by atoms with E-state index in [4.69, 9.17) is 23.2 Å². The number of sulfonamides is 1. The van der Waals surface area contributed by atoms with E-state index in [9.17, 15) is 31.2 Å². The largest absolute Gasteiger partial charge is 0.405 e. The maximum Gasteiger partial charge on any atom is 0.405 e. The fraction of sp³-hybridized carbons (Fsp3) is 0.222. The van der Waals surface area contributed by atoms with Gasteiger partial charge in [0.1, 0.15) is 6.54 Å². The molecule has 0 heterocycles. The Morgan fingerprint density at radius 2 is 1.58 bits per heavy atom. The Morgan fingerprint density at radius 3 is 2.10 bits per heavy atom. The maximum atomic E-state index is 12.6. The molecule has 0 radical (unpaired) electrons. The predicted molar refractivity (Wildman–Crippen MR) is 110 cm³/mol. The van der Waals surface area contributed by atoms with E-state index >= 15 is 0 Å². The van der Waals surface area contributed by atoms with Gasteiger partial charge in [0.05, 0.1) is 27.2 Å². The zero-order chi connectivity index (χ0) is 23.4. The molecule has 0 atom stereocenters. The van der Waals surface area contributed by atoms with E-state index in [1.54, 1.807) is 11.4 Å². The van der Waals surface area contributed by atoms with Crippen molar-refractivity contribution in [2.45, 2.75) is 11.1 Å². The molecule has 0 saturated carbocycles. The van der Waals surface area contributed by atoms with Gasteiger partial charge in [-0.3, -0.25) is 9.59 Å². The van der Waals surface area contributed by atoms with Crippen LogP contribution in [-0.2, 0) is 14.8 Å². The molecule has 0 fully saturated rings. The molecule has 7 nitrogen and oxygen atoms in total. The van der Waals surface area contributed by atoms with Crippen LogP contribution in [0.1, 0.15) is 10.4 Å². The van der Waals surface area contributed by atoms with Crippen molar-refractivity contribution >= 4 is 50.7 Å². The number of hydrogen-bond acceptors (Lipinski definition) is 4. The zero-order valence-electron chi connectivity index (χ0n) is 15.8. The van der Waals surface area contributed by atoms with Gasteiger partial charge in [0.2, 0.25) is 15.9 Å². The van der Waals surface area contributed by atoms with Crippen LogP contribution in [0.5, 0.6) is 0 Å². The van der Waals surface area contributed by atoms with Crippen LogP contribution in [0.4, 0.5) is 18.9 Å². The van der Waals surface area contributed by atoms with Crippen LogP contribution in [0.25, 0.3) is 0 Å². The van der Waals surface area contributed by atoms with Crippen molar-refractivity contribution in [3.63, 3.8) is 0 Å². The van der Waals surface area contributed by atoms with Gasteiger partial charge in [-0.1, -0.05) is 29.3 Å². The third kappa shape index (κ3) is 6.82. The first-order chi connectivity index (χ1) is 14.3. The lowest BCUT2D eigenvalue weighted by molar-refractivity contribution is -0.123. The number of para-hydroxylation sites is 1. The van der Waals surface area contributed by atoms with Gasteiger partial charge >= 0.3 is 6.18 Å². The smallest absolute Gasteiger partial charge is 0.343 e. The van der Waals surface area contributed by atoms with E-state index < -0.39 is 41.1 Å². The average molecular weight is 498 g/mol. The molecule has 0 aliphatic heterocycles. The number of likely N-dealkylation sites (N-methyl/N-ethyl adjacent to an activating group) is 1. The summed E-state index contributed by atoms with van der Waals surface area (Å²) < 4.78 is 62.6. The molecule has 0 aromatic heterocycles. The van der Waals surface area contributed by atoms with Crippen LogP contribution < -0.4 is 10.6 Å². The third-order valence-electron chi connectivity index (χ3n) is 3.87. The van der Waals surface area contributed by atoms with Crippen LogP contribution in [0.15, 0.2) is 47.4 Å². The summed E-state index contributed by atoms with van der Waals surface area (Å²) in [5, 5.41) is 4.45. The van der Waals surface area contributed by atoms with Crippen molar-refractivity contribution in [2.75, 3.05) is 25.5 Å². The molecule has 0 aliphatic rings. The highest BCUT2D eigenvalue weighted by molar-refractivity contribution is 7.89. The van der Waals surface area contributed by atoms with Gasteiger partial charge in [-0.25, -0.2) is 8.42 Å². The van der Waals surface area contributed by atoms with Gasteiger partial charge in [0, 0.05) is 12.6 Å². The normalized spacial score (nSPS) is 12.0. The van der Waals surface area contributed by atoms with Gasteiger partial charge in [0.15, 0.2) is 0 Å². The lowest BCUT2D eigenvalue weighted by Crippen LogP contribution is -2.35. The fourth-order valence-corrected chi connectivity index (χ4v) is 3.94. The molecule has 0 bridgehead atoms. The lowest BCUT2D eigenvalue weighted by atomic mass is 10.2. The predicted octanol–water partition coefficient (Wildman–Crippen LogP) is 3.54. The Hall–Kier alpha value is -2.34. The summed E-state index contributed by atoms with van der Waals surface area (Å²) in [5.41, 5.74) is -0.0205. The second kappa shape index (κ2) is 9.86. The van der Waals surface area contributed by atoms with E-state index in [1.165, 1.54) is 12.1 Å². The van der Waals surface area contributed by atoms with Crippen LogP contribution in [0.2, 0.25) is 10.0 Å². The highest BCUT2D eigenvalue weighted by Gasteiger charge is 2.28. The van der Waals surface area contributed by atoms with Gasteiger partial charge in [0.25, 0.3) is 5.91 Å². The summed E-state index contributed by atoms with van der Waals surface area (Å²) >= 11 is 11.9. The molecule has 2 aromatic rings. The van der Waals surface area contributed by atoms with Crippen molar-refractivity contribution in [3.8, 4) is 0 Å². The topological polar surface area (TPSA) is 95.6 Å². The van der Waals surface area contributed by atoms with Crippen LogP contribution in [0, 0.1) is 0 Å². The number of carbonyl (C=O) groups is 2. The number of hydrogen-bond donors (Lipinski definition) is 2. The van der Waals surface area contributed by atoms with E-state index in [-0.39, 0.29) is 26.2 Å². The highest BCUT2D eigenvalue weighted by Crippen LogP contribution is 2.29. The summed E-state index contributed by atoms with van der Waals surface area (Å²) in [6, 6.07) is 8.80. The standard InChI is InChI=1S/C18H16Cl2F3N3O4S/c1-26(9-15(27)25-16-13(19)3-2-4-14(16)20)31(29,30)12-7-5-11(6-8-12)17(28)24-10-18(21,22)23/h2-8H,9-10H2,1H3,(H,24,28)(H,25,27). The second-order valence-corrected chi connectivity index (χ2v) is 9.09. The molecular weight excluding hydrogens is 482 g/mol. The first-order valence-electron chi connectivity index (χ1n) is 8.46. The molecule has 0 unspecified atom stereocenters. The fourth-order valence-electron chi connectivity index (χ4n) is 2.32. The molecule has 168 valence electrons. The summed E-state index contributed by atoms with van der Waals surface area (Å²) in [7, 11) is -2.97. The Bertz CT molecular complexity index is 1060. The summed E-state index contributed by atoms with van der Waals surface area (Å²) in [4.78, 5) is 23.7. The van der Waals surface area contributed by atoms with Crippen molar-refractivity contribution in [1.82, 2.24) is 9.62 Å². The molecule has 2 N–H and O–H groups in total. The highest BCUT2D eigenvalue weighted by atomic mass is 35.5. The van der Waals surface area contributed by atoms with Crippen LogP contribution in [0.3, 0.4) is 0 Å². The van der Waals surface area contributed by atoms with E-state index in [0.29, 0.717) is 0 Å². The number of anilines is 1. The van der Waals surface area contributed by atoms with E-state index in [2.05, 4.69) is 5.32 Å². The Kier molecular flexibility index (Phi) is 7.93. The van der Waals surface area contributed by atoms with Crippen molar-refractivity contribution < 1.29 is 31.2 Å². The SMILES string of the molecule is CN(CC(=O)Nc1c(Cl)cccc1Cl)S(=O)(=O)c1ccc(C(=O)NCC(F)(F)F)cc1. The summed E-state index contributed by atoms with van der Waals surface area (Å²) in [6.45, 7) is -2.09. The van der Waals surface area contributed by atoms with Crippen LogP contribution in [-0.4, -0.2) is 50.9 Å². The number of halogens is 5. The molecule has 0 saturated heterocycles. The minimum Gasteiger partial charge on any atom is -0.343 e. The third-order valence-corrected chi connectivity index (χ3v) is 6.32. The molecule has 13 heteroatoms. The molecular formula is C18H16Cl2F3N3O4S. The molecule has 31 heavy (non-hydrogen) atoms. The van der Waals surface area contributed by atoms with Crippen LogP contribution >= 0.6 is 23.2 Å². The Balaban J connectivity index is 2.06. The average Bonchev–Trinajstić information content (AvgIpc) is 2.68. The summed E-state index contributed by atoms with van der Waals surface area (Å²) in [5.74, 6) is -1.71. The van der Waals surface area contributed by atoms with Gasteiger partial charge in [-0.05, 0) is 36.4 Å². The van der Waals surface area contributed by atoms with Crippen molar-refractivity contribution in [2.24, 2.45) is 0 Å². The summed E-state index contributed by atoms with van der Waals surface area (Å²) in [6.07, 6.45) is -4.57.